The summed E-state index contributed by atoms with van der Waals surface area (Å²) in [6, 6.07) is 6.82. The number of aliphatic carboxylic acids is 4. The number of nitrogens with zero attached hydrogens (tertiary/aromatic N) is 5. The summed E-state index contributed by atoms with van der Waals surface area (Å²) in [5.41, 5.74) is 13.8. The summed E-state index contributed by atoms with van der Waals surface area (Å²) in [4.78, 5) is 250. The third-order valence-corrected chi connectivity index (χ3v) is 23.2. The van der Waals surface area contributed by atoms with Gasteiger partial charge in [0, 0.05) is 119 Å². The van der Waals surface area contributed by atoms with Crippen molar-refractivity contribution in [1.82, 2.24) is 98.3 Å². The van der Waals surface area contributed by atoms with Crippen LogP contribution >= 0.6 is 11.8 Å². The first kappa shape index (κ1) is 107. The Morgan fingerprint density at radius 3 is 1.35 bits per heavy atom. The third kappa shape index (κ3) is 36.0. The van der Waals surface area contributed by atoms with Gasteiger partial charge in [0.05, 0.1) is 39.1 Å². The molecule has 23 N–H and O–H groups in total. The topological polar surface area (TPSA) is 639 Å². The lowest BCUT2D eigenvalue weighted by Gasteiger charge is -2.33. The number of carbonyl (C=O) groups excluding carboxylic acids is 13. The largest absolute Gasteiger partial charge is 0.481 e. The van der Waals surface area contributed by atoms with Crippen molar-refractivity contribution in [2.75, 3.05) is 110 Å². The minimum Gasteiger partial charge on any atom is -0.481 e. The Hall–Kier alpha value is -12.8. The van der Waals surface area contributed by atoms with Crippen molar-refractivity contribution in [3.63, 3.8) is 0 Å². The highest BCUT2D eigenvalue weighted by Gasteiger charge is 2.42. The number of likely N-dealkylation sites (tertiary alicyclic amines) is 1. The molecule has 0 radical (unpaired) electrons. The number of aromatic amines is 2. The van der Waals surface area contributed by atoms with Crippen LogP contribution in [0.4, 0.5) is 0 Å². The monoisotopic (exact) mass is 1870 g/mol. The average molecular weight is 1880 g/mol. The van der Waals surface area contributed by atoms with Crippen LogP contribution in [-0.4, -0.2) is 338 Å². The number of carboxylic acid groups (broad SMARTS) is 4. The minimum atomic E-state index is -1.93. The molecule has 133 heavy (non-hydrogen) atoms. The smallest absolute Gasteiger partial charge is 0.317 e. The van der Waals surface area contributed by atoms with Gasteiger partial charge in [-0.05, 0) is 110 Å². The van der Waals surface area contributed by atoms with E-state index in [9.17, 15) is 87.5 Å². The molecule has 0 saturated carbocycles. The predicted octanol–water partition coefficient (Wildman–Crippen LogP) is -2.15. The summed E-state index contributed by atoms with van der Waals surface area (Å²) in [6.07, 6.45) is 3.79. The van der Waals surface area contributed by atoms with Gasteiger partial charge in [-0.2, -0.15) is 11.8 Å². The van der Waals surface area contributed by atoms with E-state index in [4.69, 9.17) is 16.9 Å². The molecule has 2 aromatic heterocycles. The number of nitrogens with two attached hydrogens (primary N) is 2. The molecule has 4 heterocycles. The molecule has 3 aromatic carbocycles. The first-order valence-electron chi connectivity index (χ1n) is 44.5. The van der Waals surface area contributed by atoms with Gasteiger partial charge in [0.1, 0.15) is 66.5 Å². The van der Waals surface area contributed by atoms with Crippen molar-refractivity contribution in [2.45, 2.75) is 186 Å². The lowest BCUT2D eigenvalue weighted by molar-refractivity contribution is -0.143. The molecular formula is C89H130N22O21S. The standard InChI is InChI=1S/C89H130N22O21S/c1-51(2)38-64(102-85(129)68(43-73(114)115)104-83(127)66(41-56-44-94-60-22-14-12-20-58(56)60)98-72(113)47-107-29-31-108(48-74(116)117)33-35-110(50-76(120)121)36-34-109(32-30-107)49-75(118)119)81(125)97-54(7)78(122)101-67(42-57-45-95-61-23-15-13-21-59(57)61)84(128)100-63(26-37-133-8)80(124)103-65(40-55-18-10-9-11-19-55)82(126)99-62(24-16-27-93-89(91)92)79(123)105-69(39-52(3)4)88(132)111-28-17-25-70(111)86(130)106-77(53(5)6)87(131)96-46-71(90)112/h9-15,18-23,44-45,51-54,62-70,77,94-95H,16-17,24-43,46-50H2,1-8H3,(H2,90,112)(H,96,131)(H,97,125)(H,98,113)(H,99,126)(H,100,128)(H,101,122)(H,102,129)(H,103,124)(H,104,127)(H,105,123)(H,106,130)(H,114,115)(H,116,117)(H,118,119)(H,120,121)(H4,91,92,93). The normalized spacial score (nSPS) is 16.6. The van der Waals surface area contributed by atoms with E-state index in [2.05, 4.69) is 73.8 Å². The number of H-pyrrole nitrogens is 2. The molecule has 11 atom stereocenters. The van der Waals surface area contributed by atoms with Crippen LogP contribution in [0.3, 0.4) is 0 Å². The minimum absolute atomic E-state index is 0.0330. The van der Waals surface area contributed by atoms with Crippen LogP contribution in [0.25, 0.3) is 21.8 Å². The number of fused-ring (bicyclic) bond motifs is 2. The van der Waals surface area contributed by atoms with Crippen LogP contribution in [0, 0.1) is 23.2 Å². The fourth-order valence-electron chi connectivity index (χ4n) is 15.7. The number of nitrogens with one attached hydrogen (secondary N) is 15. The van der Waals surface area contributed by atoms with E-state index in [1.165, 1.54) is 23.6 Å². The summed E-state index contributed by atoms with van der Waals surface area (Å²) in [7, 11) is 0. The number of hydrogen-bond acceptors (Lipinski definition) is 23. The number of carboxylic acids is 4. The zero-order valence-electron chi connectivity index (χ0n) is 76.4. The van der Waals surface area contributed by atoms with Gasteiger partial charge in [0.15, 0.2) is 5.96 Å². The van der Waals surface area contributed by atoms with Crippen LogP contribution < -0.4 is 75.3 Å². The maximum Gasteiger partial charge on any atom is 0.317 e. The Morgan fingerprint density at radius 2 is 0.872 bits per heavy atom. The van der Waals surface area contributed by atoms with Crippen molar-refractivity contribution in [2.24, 2.45) is 29.2 Å². The first-order valence-corrected chi connectivity index (χ1v) is 45.9. The molecule has 11 unspecified atom stereocenters. The Bertz CT molecular complexity index is 4830. The number of guanidine groups is 1. The molecule has 0 bridgehead atoms. The maximum atomic E-state index is 15.2. The number of benzene rings is 3. The van der Waals surface area contributed by atoms with E-state index in [-0.39, 0.29) is 147 Å². The molecule has 5 aromatic rings. The molecule has 2 saturated heterocycles. The van der Waals surface area contributed by atoms with Crippen LogP contribution in [0.2, 0.25) is 0 Å². The summed E-state index contributed by atoms with van der Waals surface area (Å²) >= 11 is 1.32. The first-order chi connectivity index (χ1) is 63.1. The van der Waals surface area contributed by atoms with Gasteiger partial charge >= 0.3 is 23.9 Å². The van der Waals surface area contributed by atoms with Gasteiger partial charge in [-0.15, -0.1) is 0 Å². The van der Waals surface area contributed by atoms with Crippen LogP contribution in [0.5, 0.6) is 0 Å². The van der Waals surface area contributed by atoms with Crippen molar-refractivity contribution >= 4 is 140 Å². The van der Waals surface area contributed by atoms with Gasteiger partial charge in [-0.3, -0.25) is 107 Å². The van der Waals surface area contributed by atoms with E-state index in [0.717, 1.165) is 0 Å². The molecule has 43 nitrogen and oxygen atoms in total. The predicted molar refractivity (Wildman–Crippen MR) is 493 cm³/mol. The molecule has 44 heteroatoms. The third-order valence-electron chi connectivity index (χ3n) is 22.6. The molecule has 0 spiro atoms. The Balaban J connectivity index is 1.10. The van der Waals surface area contributed by atoms with E-state index in [1.807, 2.05) is 13.8 Å². The number of thioether (sulfide) groups is 1. The number of amides is 13. The summed E-state index contributed by atoms with van der Waals surface area (Å²) in [5, 5.41) is 80.9. The van der Waals surface area contributed by atoms with E-state index >= 15 is 14.4 Å². The molecule has 7 rings (SSSR count). The Kier molecular flexibility index (Phi) is 43.2. The second-order valence-electron chi connectivity index (χ2n) is 34.6. The van der Waals surface area contributed by atoms with Crippen LogP contribution in [0.15, 0.2) is 91.3 Å². The number of aromatic nitrogens is 2. The summed E-state index contributed by atoms with van der Waals surface area (Å²) in [6.45, 7) is 10.3. The van der Waals surface area contributed by atoms with Gasteiger partial charge in [0.2, 0.25) is 76.8 Å². The molecule has 2 aliphatic heterocycles. The molecule has 2 aliphatic rings. The average Bonchev–Trinajstić information content (AvgIpc) is 1.71. The molecular weight excluding hydrogens is 1750 g/mol. The van der Waals surface area contributed by atoms with Gasteiger partial charge in [-0.1, -0.05) is 108 Å². The number of primary amides is 1. The zero-order chi connectivity index (χ0) is 97.7. The summed E-state index contributed by atoms with van der Waals surface area (Å²) < 4.78 is 0. The number of para-hydroxylation sites is 2. The number of rotatable bonds is 51. The quantitative estimate of drug-likeness (QED) is 0.0112. The highest BCUT2D eigenvalue weighted by atomic mass is 32.2. The fraction of sp³-hybridized carbons (Fsp3) is 0.551. The highest BCUT2D eigenvalue weighted by Crippen LogP contribution is 2.25. The van der Waals surface area contributed by atoms with Crippen molar-refractivity contribution in [3.05, 3.63) is 108 Å². The second-order valence-corrected chi connectivity index (χ2v) is 35.6. The maximum absolute atomic E-state index is 15.2. The fourth-order valence-corrected chi connectivity index (χ4v) is 16.2. The Labute approximate surface area is 775 Å². The second kappa shape index (κ2) is 53.6. The zero-order valence-corrected chi connectivity index (χ0v) is 77.2. The van der Waals surface area contributed by atoms with E-state index in [0.29, 0.717) is 44.9 Å². The SMILES string of the molecule is CSCCC(NC(=O)C(Cc1c[nH]c2ccccc12)NC(=O)C(C)NC(=O)C(CC(C)C)NC(=O)C(CC(=O)O)NC(=O)C(Cc1c[nH]c2ccccc12)NC(=O)CN1CCN(CC(=O)O)CCN(CC(=O)O)CCN(CC(=O)O)CC1)C(=O)NC(Cc1ccccc1)C(=O)NC(CCCNC(=N)N)C(=O)NC(CC(C)C)C(=O)N1CCCC1C(=O)NC(C(=O)NCC(N)=O)C(C)C. The summed E-state index contributed by atoms with van der Waals surface area (Å²) in [5.74, 6) is -17.3. The highest BCUT2D eigenvalue weighted by molar-refractivity contribution is 7.98. The molecule has 728 valence electrons. The lowest BCUT2D eigenvalue weighted by Crippen LogP contribution is -2.61. The van der Waals surface area contributed by atoms with Crippen LogP contribution in [0.1, 0.15) is 117 Å². The van der Waals surface area contributed by atoms with Crippen molar-refractivity contribution < 1.29 is 102 Å². The van der Waals surface area contributed by atoms with Gasteiger partial charge in [0.25, 0.3) is 0 Å². The molecule has 2 fully saturated rings. The van der Waals surface area contributed by atoms with E-state index in [1.54, 1.807) is 145 Å². The van der Waals surface area contributed by atoms with Crippen molar-refractivity contribution in [1.29, 1.82) is 5.41 Å². The molecule has 13 amide bonds. The number of carbonyl (C=O) groups is 17. The van der Waals surface area contributed by atoms with Crippen molar-refractivity contribution in [3.8, 4) is 0 Å². The van der Waals surface area contributed by atoms with Crippen LogP contribution in [-0.2, 0) is 101 Å². The molecule has 0 aliphatic carbocycles. The lowest BCUT2D eigenvalue weighted by atomic mass is 10.00. The van der Waals surface area contributed by atoms with Gasteiger partial charge < -0.3 is 111 Å². The number of hydrogen-bond donors (Lipinski definition) is 21. The van der Waals surface area contributed by atoms with Gasteiger partial charge in [-0.25, -0.2) is 0 Å². The van der Waals surface area contributed by atoms with E-state index < -0.39 is 212 Å². The Morgan fingerprint density at radius 1 is 0.451 bits per heavy atom.